The van der Waals surface area contributed by atoms with Gasteiger partial charge in [0.1, 0.15) is 0 Å². The Morgan fingerprint density at radius 3 is 2.86 bits per heavy atom. The number of hydrogen-bond donors (Lipinski definition) is 2. The van der Waals surface area contributed by atoms with Crippen LogP contribution in [0.2, 0.25) is 0 Å². The van der Waals surface area contributed by atoms with Gasteiger partial charge in [-0.1, -0.05) is 6.07 Å². The number of aromatic amines is 1. The Hall–Kier alpha value is -1.85. The zero-order valence-corrected chi connectivity index (χ0v) is 12.0. The monoisotopic (exact) mass is 284 g/mol. The standard InChI is InChI=1S/C16H20N4O/c21-16(13-2-1-12-3-4-17-15(12)9-13)18-10-14-11-19-5-7-20(14)8-6-19/h1-4,9,14,17H,5-8,10-11H2,(H,18,21). The molecule has 2 N–H and O–H groups in total. The molecule has 3 saturated heterocycles. The summed E-state index contributed by atoms with van der Waals surface area (Å²) < 4.78 is 0. The molecule has 0 spiro atoms. The molecule has 1 unspecified atom stereocenters. The third-order valence-corrected chi connectivity index (χ3v) is 4.71. The lowest BCUT2D eigenvalue weighted by molar-refractivity contribution is 0.0138. The van der Waals surface area contributed by atoms with E-state index in [1.165, 1.54) is 13.1 Å². The summed E-state index contributed by atoms with van der Waals surface area (Å²) in [5, 5.41) is 4.22. The fourth-order valence-corrected chi connectivity index (χ4v) is 3.42. The maximum Gasteiger partial charge on any atom is 0.251 e. The fraction of sp³-hybridized carbons (Fsp3) is 0.438. The molecule has 21 heavy (non-hydrogen) atoms. The topological polar surface area (TPSA) is 51.4 Å². The van der Waals surface area contributed by atoms with Crippen molar-refractivity contribution in [3.05, 3.63) is 36.0 Å². The number of rotatable bonds is 3. The fourth-order valence-electron chi connectivity index (χ4n) is 3.42. The Morgan fingerprint density at radius 1 is 1.24 bits per heavy atom. The lowest BCUT2D eigenvalue weighted by Gasteiger charge is -2.47. The van der Waals surface area contributed by atoms with Crippen LogP contribution in [0.1, 0.15) is 10.4 Å². The summed E-state index contributed by atoms with van der Waals surface area (Å²) in [6.07, 6.45) is 1.90. The maximum absolute atomic E-state index is 12.3. The number of amides is 1. The van der Waals surface area contributed by atoms with Crippen LogP contribution in [0.4, 0.5) is 0 Å². The zero-order valence-electron chi connectivity index (χ0n) is 12.0. The molecule has 1 atom stereocenters. The second-order valence-electron chi connectivity index (χ2n) is 5.98. The van der Waals surface area contributed by atoms with Crippen LogP contribution >= 0.6 is 0 Å². The van der Waals surface area contributed by atoms with Crippen LogP contribution in [0.25, 0.3) is 10.9 Å². The van der Waals surface area contributed by atoms with Crippen LogP contribution in [0.15, 0.2) is 30.5 Å². The molecule has 1 amide bonds. The number of nitrogens with one attached hydrogen (secondary N) is 2. The molecule has 1 aromatic carbocycles. The lowest BCUT2D eigenvalue weighted by atomic mass is 10.1. The smallest absolute Gasteiger partial charge is 0.251 e. The molecule has 0 radical (unpaired) electrons. The summed E-state index contributed by atoms with van der Waals surface area (Å²) >= 11 is 0. The number of carbonyl (C=O) groups is 1. The largest absolute Gasteiger partial charge is 0.361 e. The first kappa shape index (κ1) is 12.9. The molecule has 5 nitrogen and oxygen atoms in total. The molecule has 2 aromatic rings. The van der Waals surface area contributed by atoms with Crippen molar-refractivity contribution >= 4 is 16.8 Å². The molecule has 3 aliphatic heterocycles. The molecular weight excluding hydrogens is 264 g/mol. The highest BCUT2D eigenvalue weighted by Gasteiger charge is 2.31. The molecule has 2 bridgehead atoms. The Kier molecular flexibility index (Phi) is 3.16. The highest BCUT2D eigenvalue weighted by Crippen LogP contribution is 2.16. The number of aromatic nitrogens is 1. The van der Waals surface area contributed by atoms with E-state index in [0.29, 0.717) is 6.04 Å². The van der Waals surface area contributed by atoms with Gasteiger partial charge in [-0.05, 0) is 23.6 Å². The Morgan fingerprint density at radius 2 is 2.10 bits per heavy atom. The minimum absolute atomic E-state index is 0.0177. The summed E-state index contributed by atoms with van der Waals surface area (Å²) in [5.74, 6) is 0.0177. The van der Waals surface area contributed by atoms with Gasteiger partial charge in [-0.25, -0.2) is 0 Å². The van der Waals surface area contributed by atoms with Gasteiger partial charge in [-0.15, -0.1) is 0 Å². The summed E-state index contributed by atoms with van der Waals surface area (Å²) in [7, 11) is 0. The van der Waals surface area contributed by atoms with E-state index < -0.39 is 0 Å². The number of nitrogens with zero attached hydrogens (tertiary/aromatic N) is 2. The van der Waals surface area contributed by atoms with Crippen molar-refractivity contribution in [2.75, 3.05) is 39.3 Å². The van der Waals surface area contributed by atoms with E-state index in [1.807, 2.05) is 30.5 Å². The van der Waals surface area contributed by atoms with Crippen molar-refractivity contribution < 1.29 is 4.79 Å². The van der Waals surface area contributed by atoms with E-state index in [2.05, 4.69) is 20.1 Å². The van der Waals surface area contributed by atoms with E-state index in [4.69, 9.17) is 0 Å². The van der Waals surface area contributed by atoms with Crippen LogP contribution in [0.3, 0.4) is 0 Å². The molecule has 0 saturated carbocycles. The van der Waals surface area contributed by atoms with Crippen molar-refractivity contribution in [3.8, 4) is 0 Å². The normalized spacial score (nSPS) is 27.9. The predicted molar refractivity (Wildman–Crippen MR) is 82.4 cm³/mol. The average molecular weight is 284 g/mol. The van der Waals surface area contributed by atoms with E-state index in [1.54, 1.807) is 0 Å². The van der Waals surface area contributed by atoms with Crippen molar-refractivity contribution in [2.24, 2.45) is 0 Å². The minimum atomic E-state index is 0.0177. The second kappa shape index (κ2) is 5.16. The number of benzene rings is 1. The number of carbonyl (C=O) groups excluding carboxylic acids is 1. The van der Waals surface area contributed by atoms with Gasteiger partial charge in [0.05, 0.1) is 0 Å². The van der Waals surface area contributed by atoms with E-state index in [0.717, 1.165) is 42.6 Å². The van der Waals surface area contributed by atoms with Gasteiger partial charge in [0.2, 0.25) is 0 Å². The molecule has 3 fully saturated rings. The average Bonchev–Trinajstić information content (AvgIpc) is 3.01. The van der Waals surface area contributed by atoms with Crippen molar-refractivity contribution in [2.45, 2.75) is 6.04 Å². The second-order valence-corrected chi connectivity index (χ2v) is 5.98. The summed E-state index contributed by atoms with van der Waals surface area (Å²) in [5.41, 5.74) is 1.73. The molecule has 1 aromatic heterocycles. The quantitative estimate of drug-likeness (QED) is 0.880. The van der Waals surface area contributed by atoms with Gasteiger partial charge in [0, 0.05) is 62.6 Å². The molecule has 3 aliphatic rings. The number of fused-ring (bicyclic) bond motifs is 4. The van der Waals surface area contributed by atoms with Gasteiger partial charge >= 0.3 is 0 Å². The summed E-state index contributed by atoms with van der Waals surface area (Å²) in [4.78, 5) is 20.4. The Balaban J connectivity index is 1.41. The number of hydrogen-bond acceptors (Lipinski definition) is 3. The highest BCUT2D eigenvalue weighted by molar-refractivity contribution is 5.97. The molecule has 5 rings (SSSR count). The molecule has 0 aliphatic carbocycles. The first-order chi connectivity index (χ1) is 10.3. The van der Waals surface area contributed by atoms with Gasteiger partial charge in [-0.3, -0.25) is 14.6 Å². The summed E-state index contributed by atoms with van der Waals surface area (Å²) in [6.45, 7) is 6.43. The lowest BCUT2D eigenvalue weighted by Crippen LogP contribution is -2.63. The number of H-pyrrole nitrogens is 1. The Labute approximate surface area is 123 Å². The van der Waals surface area contributed by atoms with Crippen LogP contribution in [0.5, 0.6) is 0 Å². The number of piperazine rings is 3. The third kappa shape index (κ3) is 2.43. The Bertz CT molecular complexity index is 657. The SMILES string of the molecule is O=C(NCC1CN2CCN1CC2)c1ccc2cc[nH]c2c1. The first-order valence-electron chi connectivity index (χ1n) is 7.61. The zero-order chi connectivity index (χ0) is 14.2. The molecule has 110 valence electrons. The van der Waals surface area contributed by atoms with Crippen LogP contribution < -0.4 is 5.32 Å². The van der Waals surface area contributed by atoms with Crippen LogP contribution in [-0.2, 0) is 0 Å². The van der Waals surface area contributed by atoms with E-state index in [9.17, 15) is 4.79 Å². The highest BCUT2D eigenvalue weighted by atomic mass is 16.1. The van der Waals surface area contributed by atoms with E-state index >= 15 is 0 Å². The molecular formula is C16H20N4O. The van der Waals surface area contributed by atoms with E-state index in [-0.39, 0.29) is 5.91 Å². The maximum atomic E-state index is 12.3. The molecule has 4 heterocycles. The van der Waals surface area contributed by atoms with Crippen molar-refractivity contribution in [1.82, 2.24) is 20.1 Å². The van der Waals surface area contributed by atoms with Crippen molar-refractivity contribution in [3.63, 3.8) is 0 Å². The van der Waals surface area contributed by atoms with Gasteiger partial charge in [0.15, 0.2) is 0 Å². The first-order valence-corrected chi connectivity index (χ1v) is 7.61. The summed E-state index contributed by atoms with van der Waals surface area (Å²) in [6, 6.07) is 8.27. The van der Waals surface area contributed by atoms with Gasteiger partial charge < -0.3 is 10.3 Å². The van der Waals surface area contributed by atoms with Crippen LogP contribution in [-0.4, -0.2) is 66.0 Å². The predicted octanol–water partition coefficient (Wildman–Crippen LogP) is 0.898. The van der Waals surface area contributed by atoms with Gasteiger partial charge in [-0.2, -0.15) is 0 Å². The van der Waals surface area contributed by atoms with Crippen molar-refractivity contribution in [1.29, 1.82) is 0 Å². The third-order valence-electron chi connectivity index (χ3n) is 4.71. The molecule has 5 heteroatoms. The van der Waals surface area contributed by atoms with Crippen LogP contribution in [0, 0.1) is 0 Å². The van der Waals surface area contributed by atoms with Gasteiger partial charge in [0.25, 0.3) is 5.91 Å². The minimum Gasteiger partial charge on any atom is -0.361 e.